The highest BCUT2D eigenvalue weighted by atomic mass is 16.5. The molecule has 0 bridgehead atoms. The van der Waals surface area contributed by atoms with E-state index in [1.54, 1.807) is 13.3 Å². The minimum absolute atomic E-state index is 0.0395. The summed E-state index contributed by atoms with van der Waals surface area (Å²) in [5, 5.41) is 0. The summed E-state index contributed by atoms with van der Waals surface area (Å²) in [6.07, 6.45) is 7.25. The topological polar surface area (TPSA) is 88.2 Å². The van der Waals surface area contributed by atoms with Gasteiger partial charge in [0.2, 0.25) is 5.91 Å². The van der Waals surface area contributed by atoms with E-state index in [1.807, 2.05) is 23.1 Å². The first-order valence-electron chi connectivity index (χ1n) is 10.0. The number of likely N-dealkylation sites (tertiary alicyclic amines) is 1. The lowest BCUT2D eigenvalue weighted by atomic mass is 9.86. The van der Waals surface area contributed by atoms with Gasteiger partial charge in [-0.25, -0.2) is 4.98 Å². The van der Waals surface area contributed by atoms with Gasteiger partial charge in [0.1, 0.15) is 5.82 Å². The number of nitrogens with zero attached hydrogens (tertiary/aromatic N) is 3. The summed E-state index contributed by atoms with van der Waals surface area (Å²) < 4.78 is 5.42. The molecule has 1 amide bonds. The van der Waals surface area contributed by atoms with Crippen molar-refractivity contribution in [1.82, 2.24) is 19.9 Å². The smallest absolute Gasteiger partial charge is 0.251 e. The van der Waals surface area contributed by atoms with Crippen LogP contribution in [0, 0.1) is 5.92 Å². The SMILES string of the molecule is COC1CCC(C(=O)N2CCCC2c2nc(-c3ccccn3)cc(=O)[nH]2)CC1. The average Bonchev–Trinajstić information content (AvgIpc) is 3.23. The molecule has 2 aliphatic rings. The first-order valence-corrected chi connectivity index (χ1v) is 10.0. The maximum atomic E-state index is 13.2. The van der Waals surface area contributed by atoms with E-state index in [9.17, 15) is 9.59 Å². The van der Waals surface area contributed by atoms with Crippen LogP contribution in [0.3, 0.4) is 0 Å². The Labute approximate surface area is 164 Å². The van der Waals surface area contributed by atoms with Crippen LogP contribution in [0.1, 0.15) is 50.4 Å². The van der Waals surface area contributed by atoms with Crippen LogP contribution in [0.15, 0.2) is 35.3 Å². The van der Waals surface area contributed by atoms with Crippen LogP contribution in [0.2, 0.25) is 0 Å². The summed E-state index contributed by atoms with van der Waals surface area (Å²) in [6, 6.07) is 6.81. The molecule has 2 aromatic rings. The monoisotopic (exact) mass is 382 g/mol. The molecular formula is C21H26N4O3. The Morgan fingerprint density at radius 3 is 2.71 bits per heavy atom. The molecule has 148 valence electrons. The minimum atomic E-state index is -0.217. The zero-order valence-electron chi connectivity index (χ0n) is 16.1. The van der Waals surface area contributed by atoms with Crippen molar-refractivity contribution in [2.24, 2.45) is 5.92 Å². The molecule has 7 heteroatoms. The molecule has 1 atom stereocenters. The highest BCUT2D eigenvalue weighted by molar-refractivity contribution is 5.79. The summed E-state index contributed by atoms with van der Waals surface area (Å²) in [6.45, 7) is 0.714. The fraction of sp³-hybridized carbons (Fsp3) is 0.524. The van der Waals surface area contributed by atoms with Crippen molar-refractivity contribution >= 4 is 5.91 Å². The third-order valence-electron chi connectivity index (χ3n) is 5.90. The molecule has 1 unspecified atom stereocenters. The molecule has 0 radical (unpaired) electrons. The molecule has 7 nitrogen and oxygen atoms in total. The molecule has 1 N–H and O–H groups in total. The van der Waals surface area contributed by atoms with Crippen LogP contribution in [0.4, 0.5) is 0 Å². The number of aromatic nitrogens is 3. The number of H-pyrrole nitrogens is 1. The molecule has 1 saturated carbocycles. The predicted octanol–water partition coefficient (Wildman–Crippen LogP) is 2.70. The van der Waals surface area contributed by atoms with E-state index in [4.69, 9.17) is 4.74 Å². The van der Waals surface area contributed by atoms with E-state index in [2.05, 4.69) is 15.0 Å². The number of hydrogen-bond donors (Lipinski definition) is 1. The summed E-state index contributed by atoms with van der Waals surface area (Å²) in [5.74, 6) is 0.783. The molecule has 0 spiro atoms. The zero-order valence-corrected chi connectivity index (χ0v) is 16.1. The quantitative estimate of drug-likeness (QED) is 0.878. The number of pyridine rings is 1. The van der Waals surface area contributed by atoms with Crippen LogP contribution in [0.25, 0.3) is 11.4 Å². The van der Waals surface area contributed by atoms with Crippen molar-refractivity contribution < 1.29 is 9.53 Å². The van der Waals surface area contributed by atoms with Crippen molar-refractivity contribution in [3.05, 3.63) is 46.6 Å². The Kier molecular flexibility index (Phi) is 5.52. The van der Waals surface area contributed by atoms with Crippen LogP contribution in [-0.2, 0) is 9.53 Å². The van der Waals surface area contributed by atoms with Gasteiger partial charge >= 0.3 is 0 Å². The maximum Gasteiger partial charge on any atom is 0.251 e. The van der Waals surface area contributed by atoms with E-state index in [1.165, 1.54) is 6.07 Å². The molecule has 1 saturated heterocycles. The fourth-order valence-corrected chi connectivity index (χ4v) is 4.37. The Morgan fingerprint density at radius 2 is 2.00 bits per heavy atom. The summed E-state index contributed by atoms with van der Waals surface area (Å²) >= 11 is 0. The fourth-order valence-electron chi connectivity index (χ4n) is 4.37. The Hall–Kier alpha value is -2.54. The first kappa shape index (κ1) is 18.8. The number of carbonyl (C=O) groups is 1. The summed E-state index contributed by atoms with van der Waals surface area (Å²) in [5.41, 5.74) is 0.980. The standard InChI is InChI=1S/C21H26N4O3/c1-28-15-9-7-14(8-10-15)21(27)25-12-4-6-18(25)20-23-17(13-19(26)24-20)16-5-2-3-11-22-16/h2-3,5,11,13-15,18H,4,6-10,12H2,1H3,(H,23,24,26). The molecule has 28 heavy (non-hydrogen) atoms. The zero-order chi connectivity index (χ0) is 19.5. The predicted molar refractivity (Wildman–Crippen MR) is 105 cm³/mol. The number of hydrogen-bond acceptors (Lipinski definition) is 5. The number of carbonyl (C=O) groups excluding carboxylic acids is 1. The van der Waals surface area contributed by atoms with Crippen LogP contribution >= 0.6 is 0 Å². The Balaban J connectivity index is 1.56. The van der Waals surface area contributed by atoms with Crippen molar-refractivity contribution in [2.75, 3.05) is 13.7 Å². The highest BCUT2D eigenvalue weighted by Crippen LogP contribution is 2.35. The molecule has 3 heterocycles. The summed E-state index contributed by atoms with van der Waals surface area (Å²) in [4.78, 5) is 39.1. The third kappa shape index (κ3) is 3.85. The second-order valence-electron chi connectivity index (χ2n) is 7.63. The van der Waals surface area contributed by atoms with Gasteiger partial charge in [-0.1, -0.05) is 6.07 Å². The van der Waals surface area contributed by atoms with Crippen molar-refractivity contribution in [3.8, 4) is 11.4 Å². The van der Waals surface area contributed by atoms with Gasteiger partial charge in [0.15, 0.2) is 0 Å². The number of nitrogens with one attached hydrogen (secondary N) is 1. The number of methoxy groups -OCH3 is 1. The van der Waals surface area contributed by atoms with E-state index in [-0.39, 0.29) is 29.5 Å². The molecule has 1 aliphatic carbocycles. The van der Waals surface area contributed by atoms with E-state index < -0.39 is 0 Å². The van der Waals surface area contributed by atoms with Gasteiger partial charge in [-0.3, -0.25) is 14.6 Å². The molecule has 0 aromatic carbocycles. The third-order valence-corrected chi connectivity index (χ3v) is 5.90. The average molecular weight is 382 g/mol. The molecule has 2 fully saturated rings. The Bertz CT molecular complexity index is 875. The number of amides is 1. The number of aromatic amines is 1. The molecular weight excluding hydrogens is 356 g/mol. The van der Waals surface area contributed by atoms with E-state index >= 15 is 0 Å². The van der Waals surface area contributed by atoms with E-state index in [0.717, 1.165) is 38.5 Å². The minimum Gasteiger partial charge on any atom is -0.381 e. The largest absolute Gasteiger partial charge is 0.381 e. The molecule has 4 rings (SSSR count). The summed E-state index contributed by atoms with van der Waals surface area (Å²) in [7, 11) is 1.74. The lowest BCUT2D eigenvalue weighted by Gasteiger charge is -2.32. The van der Waals surface area contributed by atoms with Gasteiger partial charge in [0, 0.05) is 31.8 Å². The lowest BCUT2D eigenvalue weighted by molar-refractivity contribution is -0.138. The second-order valence-corrected chi connectivity index (χ2v) is 7.63. The Morgan fingerprint density at radius 1 is 1.18 bits per heavy atom. The molecule has 2 aromatic heterocycles. The van der Waals surface area contributed by atoms with Crippen molar-refractivity contribution in [1.29, 1.82) is 0 Å². The second kappa shape index (κ2) is 8.22. The van der Waals surface area contributed by atoms with Gasteiger partial charge in [-0.05, 0) is 50.7 Å². The van der Waals surface area contributed by atoms with E-state index in [0.29, 0.717) is 23.8 Å². The van der Waals surface area contributed by atoms with Crippen molar-refractivity contribution in [2.45, 2.75) is 50.7 Å². The van der Waals surface area contributed by atoms with Crippen LogP contribution in [0.5, 0.6) is 0 Å². The van der Waals surface area contributed by atoms with Gasteiger partial charge in [0.25, 0.3) is 5.56 Å². The molecule has 1 aliphatic heterocycles. The highest BCUT2D eigenvalue weighted by Gasteiger charge is 2.37. The first-order chi connectivity index (χ1) is 13.7. The van der Waals surface area contributed by atoms with Crippen LogP contribution in [-0.4, -0.2) is 45.5 Å². The van der Waals surface area contributed by atoms with Crippen molar-refractivity contribution in [3.63, 3.8) is 0 Å². The van der Waals surface area contributed by atoms with Gasteiger partial charge < -0.3 is 14.6 Å². The maximum absolute atomic E-state index is 13.2. The van der Waals surface area contributed by atoms with Crippen LogP contribution < -0.4 is 5.56 Å². The number of rotatable bonds is 4. The normalized spacial score (nSPS) is 25.0. The van der Waals surface area contributed by atoms with Gasteiger partial charge in [-0.2, -0.15) is 0 Å². The number of ether oxygens (including phenoxy) is 1. The lowest BCUT2D eigenvalue weighted by Crippen LogP contribution is -2.39. The van der Waals surface area contributed by atoms with Gasteiger partial charge in [0.05, 0.1) is 23.5 Å². The van der Waals surface area contributed by atoms with Gasteiger partial charge in [-0.15, -0.1) is 0 Å².